The number of nitriles is 1. The highest BCUT2D eigenvalue weighted by Gasteiger charge is 2.06. The molecule has 0 saturated carbocycles. The van der Waals surface area contributed by atoms with Gasteiger partial charge in [0.2, 0.25) is 0 Å². The minimum absolute atomic E-state index is 0.0632. The molecule has 0 heterocycles. The van der Waals surface area contributed by atoms with E-state index in [2.05, 4.69) is 15.9 Å². The van der Waals surface area contributed by atoms with Gasteiger partial charge in [0.1, 0.15) is 11.6 Å². The summed E-state index contributed by atoms with van der Waals surface area (Å²) < 4.78 is 13.0. The van der Waals surface area contributed by atoms with Gasteiger partial charge in [-0.25, -0.2) is 4.39 Å². The molecule has 68 valence electrons. The van der Waals surface area contributed by atoms with E-state index in [9.17, 15) is 9.50 Å². The summed E-state index contributed by atoms with van der Waals surface area (Å²) in [5, 5.41) is 17.5. The monoisotopic (exact) mass is 243 g/mol. The minimum atomic E-state index is -0.507. The van der Waals surface area contributed by atoms with Gasteiger partial charge in [-0.05, 0) is 40.0 Å². The molecule has 0 fully saturated rings. The van der Waals surface area contributed by atoms with Crippen molar-refractivity contribution in [1.29, 1.82) is 5.26 Å². The average molecular weight is 244 g/mol. The lowest BCUT2D eigenvalue weighted by atomic mass is 10.1. The largest absolute Gasteiger partial charge is 0.507 e. The number of phenols is 1. The summed E-state index contributed by atoms with van der Waals surface area (Å²) in [6.07, 6.45) is 0.773. The SMILES string of the molecule is N#CCCc1cc(O)c(Br)c(F)c1. The first-order valence-corrected chi connectivity index (χ1v) is 4.48. The fourth-order valence-corrected chi connectivity index (χ4v) is 1.20. The molecular weight excluding hydrogens is 237 g/mol. The zero-order chi connectivity index (χ0) is 9.84. The average Bonchev–Trinajstić information content (AvgIpc) is 2.10. The molecule has 0 radical (unpaired) electrons. The molecule has 0 aromatic heterocycles. The van der Waals surface area contributed by atoms with Crippen LogP contribution in [0.3, 0.4) is 0 Å². The van der Waals surface area contributed by atoms with Crippen molar-refractivity contribution in [3.8, 4) is 11.8 Å². The molecular formula is C9H7BrFNO. The van der Waals surface area contributed by atoms with Gasteiger partial charge >= 0.3 is 0 Å². The van der Waals surface area contributed by atoms with Crippen LogP contribution in [0, 0.1) is 17.1 Å². The maximum absolute atomic E-state index is 13.0. The van der Waals surface area contributed by atoms with Gasteiger partial charge < -0.3 is 5.11 Å². The fourth-order valence-electron chi connectivity index (χ4n) is 0.974. The number of benzene rings is 1. The number of nitrogens with zero attached hydrogens (tertiary/aromatic N) is 1. The zero-order valence-electron chi connectivity index (χ0n) is 6.72. The minimum Gasteiger partial charge on any atom is -0.507 e. The third kappa shape index (κ3) is 2.43. The van der Waals surface area contributed by atoms with Gasteiger partial charge in [-0.1, -0.05) is 0 Å². The molecule has 4 heteroatoms. The summed E-state index contributed by atoms with van der Waals surface area (Å²) in [5.74, 6) is -0.638. The number of hydrogen-bond acceptors (Lipinski definition) is 2. The summed E-state index contributed by atoms with van der Waals surface area (Å²) in [6.45, 7) is 0. The quantitative estimate of drug-likeness (QED) is 0.869. The number of hydrogen-bond donors (Lipinski definition) is 1. The van der Waals surface area contributed by atoms with Crippen LogP contribution in [0.5, 0.6) is 5.75 Å². The van der Waals surface area contributed by atoms with Gasteiger partial charge in [0.25, 0.3) is 0 Å². The second-order valence-electron chi connectivity index (χ2n) is 2.57. The first-order valence-electron chi connectivity index (χ1n) is 3.69. The van der Waals surface area contributed by atoms with Crippen LogP contribution in [0.25, 0.3) is 0 Å². The first kappa shape index (κ1) is 10.0. The van der Waals surface area contributed by atoms with Crippen molar-refractivity contribution >= 4 is 15.9 Å². The molecule has 1 N–H and O–H groups in total. The van der Waals surface area contributed by atoms with Crippen molar-refractivity contribution in [1.82, 2.24) is 0 Å². The maximum atomic E-state index is 13.0. The highest BCUT2D eigenvalue weighted by atomic mass is 79.9. The molecule has 0 aliphatic carbocycles. The molecule has 0 spiro atoms. The second kappa shape index (κ2) is 4.24. The van der Waals surface area contributed by atoms with Crippen molar-refractivity contribution in [3.63, 3.8) is 0 Å². The summed E-state index contributed by atoms with van der Waals surface area (Å²) in [4.78, 5) is 0. The molecule has 2 nitrogen and oxygen atoms in total. The Morgan fingerprint density at radius 2 is 2.23 bits per heavy atom. The second-order valence-corrected chi connectivity index (χ2v) is 3.36. The van der Waals surface area contributed by atoms with Gasteiger partial charge in [0.15, 0.2) is 0 Å². The molecule has 1 aromatic rings. The van der Waals surface area contributed by atoms with E-state index in [0.717, 1.165) is 0 Å². The Morgan fingerprint density at radius 1 is 1.54 bits per heavy atom. The molecule has 1 rings (SSSR count). The third-order valence-corrected chi connectivity index (χ3v) is 2.38. The summed E-state index contributed by atoms with van der Waals surface area (Å²) in [7, 11) is 0. The lowest BCUT2D eigenvalue weighted by Crippen LogP contribution is -1.87. The molecule has 1 aromatic carbocycles. The number of aromatic hydroxyl groups is 1. The van der Waals surface area contributed by atoms with Crippen molar-refractivity contribution in [2.75, 3.05) is 0 Å². The van der Waals surface area contributed by atoms with Crippen molar-refractivity contribution in [2.45, 2.75) is 12.8 Å². The van der Waals surface area contributed by atoms with E-state index >= 15 is 0 Å². The van der Waals surface area contributed by atoms with Crippen LogP contribution in [0.15, 0.2) is 16.6 Å². The van der Waals surface area contributed by atoms with Gasteiger partial charge in [0, 0.05) is 6.42 Å². The lowest BCUT2D eigenvalue weighted by molar-refractivity contribution is 0.463. The molecule has 0 atom stereocenters. The van der Waals surface area contributed by atoms with Crippen LogP contribution in [-0.2, 0) is 6.42 Å². The lowest BCUT2D eigenvalue weighted by Gasteiger charge is -2.02. The number of rotatable bonds is 2. The molecule has 13 heavy (non-hydrogen) atoms. The summed E-state index contributed by atoms with van der Waals surface area (Å²) in [5.41, 5.74) is 0.625. The van der Waals surface area contributed by atoms with E-state index < -0.39 is 5.82 Å². The number of aryl methyl sites for hydroxylation is 1. The topological polar surface area (TPSA) is 44.0 Å². The van der Waals surface area contributed by atoms with Gasteiger partial charge in [-0.2, -0.15) is 5.26 Å². The molecule has 0 aliphatic rings. The summed E-state index contributed by atoms with van der Waals surface area (Å²) in [6, 6.07) is 4.71. The zero-order valence-corrected chi connectivity index (χ0v) is 8.31. The van der Waals surface area contributed by atoms with Gasteiger partial charge in [-0.3, -0.25) is 0 Å². The first-order chi connectivity index (χ1) is 6.15. The van der Waals surface area contributed by atoms with E-state index in [0.29, 0.717) is 18.4 Å². The highest BCUT2D eigenvalue weighted by Crippen LogP contribution is 2.28. The number of halogens is 2. The molecule has 0 unspecified atom stereocenters. The Morgan fingerprint density at radius 3 is 2.77 bits per heavy atom. The normalized spacial score (nSPS) is 9.62. The Balaban J connectivity index is 2.94. The fraction of sp³-hybridized carbons (Fsp3) is 0.222. The van der Waals surface area contributed by atoms with Crippen molar-refractivity contribution in [3.05, 3.63) is 28.0 Å². The van der Waals surface area contributed by atoms with Crippen LogP contribution < -0.4 is 0 Å². The van der Waals surface area contributed by atoms with E-state index in [4.69, 9.17) is 5.26 Å². The van der Waals surface area contributed by atoms with Crippen LogP contribution in [0.2, 0.25) is 0 Å². The van der Waals surface area contributed by atoms with Crippen LogP contribution in [-0.4, -0.2) is 5.11 Å². The predicted molar refractivity (Wildman–Crippen MR) is 49.7 cm³/mol. The van der Waals surface area contributed by atoms with E-state index in [1.807, 2.05) is 6.07 Å². The molecule has 0 saturated heterocycles. The van der Waals surface area contributed by atoms with Crippen LogP contribution >= 0.6 is 15.9 Å². The Hall–Kier alpha value is -1.08. The Kier molecular flexibility index (Phi) is 3.26. The van der Waals surface area contributed by atoms with Crippen LogP contribution in [0.1, 0.15) is 12.0 Å². The Bertz CT molecular complexity index is 336. The standard InChI is InChI=1S/C9H7BrFNO/c10-9-7(11)4-6(2-1-3-12)5-8(9)13/h4-5,13H,1-2H2. The summed E-state index contributed by atoms with van der Waals surface area (Å²) >= 11 is 2.89. The Labute approximate surface area is 83.7 Å². The van der Waals surface area contributed by atoms with E-state index in [1.165, 1.54) is 12.1 Å². The smallest absolute Gasteiger partial charge is 0.141 e. The number of phenolic OH excluding ortho intramolecular Hbond substituents is 1. The van der Waals surface area contributed by atoms with Crippen LogP contribution in [0.4, 0.5) is 4.39 Å². The van der Waals surface area contributed by atoms with Gasteiger partial charge in [0.05, 0.1) is 10.5 Å². The predicted octanol–water partition coefficient (Wildman–Crippen LogP) is 2.75. The molecule has 0 aliphatic heterocycles. The van der Waals surface area contributed by atoms with Crippen molar-refractivity contribution < 1.29 is 9.50 Å². The highest BCUT2D eigenvalue weighted by molar-refractivity contribution is 9.10. The third-order valence-electron chi connectivity index (χ3n) is 1.59. The molecule has 0 amide bonds. The molecule has 0 bridgehead atoms. The van der Waals surface area contributed by atoms with E-state index in [-0.39, 0.29) is 10.2 Å². The maximum Gasteiger partial charge on any atom is 0.141 e. The van der Waals surface area contributed by atoms with Crippen molar-refractivity contribution in [2.24, 2.45) is 0 Å². The van der Waals surface area contributed by atoms with E-state index in [1.54, 1.807) is 0 Å². The van der Waals surface area contributed by atoms with Gasteiger partial charge in [-0.15, -0.1) is 0 Å².